The minimum atomic E-state index is -1.23. The van der Waals surface area contributed by atoms with Gasteiger partial charge in [0, 0.05) is 0 Å². The summed E-state index contributed by atoms with van der Waals surface area (Å²) in [6, 6.07) is 8.24. The number of hydroxylamine groups is 2. The fourth-order valence-corrected chi connectivity index (χ4v) is 4.48. The average molecular weight is 435 g/mol. The summed E-state index contributed by atoms with van der Waals surface area (Å²) in [6.07, 6.45) is -0.547. The lowest BCUT2D eigenvalue weighted by atomic mass is 10.1. The first-order valence-corrected chi connectivity index (χ1v) is 10.5. The van der Waals surface area contributed by atoms with Crippen LogP contribution in [0, 0.1) is 27.7 Å². The van der Waals surface area contributed by atoms with Crippen molar-refractivity contribution >= 4 is 35.0 Å². The molecule has 0 aromatic heterocycles. The number of anilines is 2. The summed E-state index contributed by atoms with van der Waals surface area (Å²) < 4.78 is 0. The fraction of sp³-hybridized carbons (Fsp3) is 0.333. The van der Waals surface area contributed by atoms with E-state index in [1.165, 1.54) is 0 Å². The Hall–Kier alpha value is -3.36. The maximum atomic E-state index is 13.1. The highest BCUT2D eigenvalue weighted by Gasteiger charge is 2.50. The molecule has 0 radical (unpaired) electrons. The van der Waals surface area contributed by atoms with Crippen LogP contribution in [0.3, 0.4) is 0 Å². The summed E-state index contributed by atoms with van der Waals surface area (Å²) in [5, 5.41) is 11.4. The molecule has 4 amide bonds. The number of carbonyl (C=O) groups is 4. The first-order valence-electron chi connectivity index (χ1n) is 10.5. The van der Waals surface area contributed by atoms with E-state index in [1.807, 2.05) is 26.0 Å². The predicted molar refractivity (Wildman–Crippen MR) is 117 cm³/mol. The van der Waals surface area contributed by atoms with Crippen molar-refractivity contribution in [2.45, 2.75) is 52.6 Å². The summed E-state index contributed by atoms with van der Waals surface area (Å²) in [4.78, 5) is 53.6. The Morgan fingerprint density at radius 2 is 1.09 bits per heavy atom. The first-order chi connectivity index (χ1) is 15.1. The average Bonchev–Trinajstić information content (AvgIpc) is 3.17. The molecule has 2 aliphatic heterocycles. The standard InChI is InChI=1S/C24H25N3O5/c1-13-5-7-17(15(3)9-13)25-21(28)11-19(23(25)30)27(32)20-12-22(29)26(24(20)31)18-8-6-14(2)10-16(18)4/h5-10,19-20,32H,11-12H2,1-4H3/t19-,20-/m0/s1. The molecule has 2 fully saturated rings. The smallest absolute Gasteiger partial charge is 0.254 e. The summed E-state index contributed by atoms with van der Waals surface area (Å²) in [5.41, 5.74) is 4.40. The number of nitrogens with zero attached hydrogens (tertiary/aromatic N) is 3. The number of rotatable bonds is 4. The molecule has 2 atom stereocenters. The van der Waals surface area contributed by atoms with Gasteiger partial charge in [-0.15, -0.1) is 0 Å². The van der Waals surface area contributed by atoms with Crippen molar-refractivity contribution in [3.63, 3.8) is 0 Å². The van der Waals surface area contributed by atoms with Crippen molar-refractivity contribution in [2.24, 2.45) is 0 Å². The zero-order valence-electron chi connectivity index (χ0n) is 18.5. The predicted octanol–water partition coefficient (Wildman–Crippen LogP) is 2.58. The van der Waals surface area contributed by atoms with Crippen LogP contribution in [0.5, 0.6) is 0 Å². The van der Waals surface area contributed by atoms with E-state index in [1.54, 1.807) is 38.1 Å². The molecule has 32 heavy (non-hydrogen) atoms. The molecule has 0 saturated carbocycles. The molecule has 2 aliphatic rings. The van der Waals surface area contributed by atoms with E-state index in [2.05, 4.69) is 0 Å². The molecule has 0 aliphatic carbocycles. The monoisotopic (exact) mass is 435 g/mol. The third-order valence-electron chi connectivity index (χ3n) is 6.07. The Morgan fingerprint density at radius 1 is 0.719 bits per heavy atom. The molecule has 8 heteroatoms. The molecule has 2 heterocycles. The lowest BCUT2D eigenvalue weighted by Crippen LogP contribution is -2.49. The van der Waals surface area contributed by atoms with E-state index in [0.717, 1.165) is 32.1 Å². The van der Waals surface area contributed by atoms with Crippen molar-refractivity contribution in [2.75, 3.05) is 9.80 Å². The Bertz CT molecular complexity index is 1070. The first kappa shape index (κ1) is 21.9. The number of aryl methyl sites for hydroxylation is 4. The second kappa shape index (κ2) is 7.96. The molecule has 8 nitrogen and oxygen atoms in total. The zero-order chi connectivity index (χ0) is 23.3. The van der Waals surface area contributed by atoms with Gasteiger partial charge in [0.05, 0.1) is 24.2 Å². The normalized spacial score (nSPS) is 21.4. The van der Waals surface area contributed by atoms with Gasteiger partial charge in [-0.05, 0) is 51.0 Å². The molecule has 0 spiro atoms. The highest BCUT2D eigenvalue weighted by molar-refractivity contribution is 6.24. The second-order valence-electron chi connectivity index (χ2n) is 8.53. The number of carbonyl (C=O) groups excluding carboxylic acids is 4. The molecule has 2 aromatic rings. The van der Waals surface area contributed by atoms with E-state index < -0.39 is 35.7 Å². The maximum Gasteiger partial charge on any atom is 0.254 e. The van der Waals surface area contributed by atoms with Crippen LogP contribution in [-0.4, -0.2) is 46.0 Å². The Morgan fingerprint density at radius 3 is 1.44 bits per heavy atom. The van der Waals surface area contributed by atoms with Crippen molar-refractivity contribution in [1.29, 1.82) is 0 Å². The number of hydrogen-bond donors (Lipinski definition) is 1. The topological polar surface area (TPSA) is 98.2 Å². The lowest BCUT2D eigenvalue weighted by molar-refractivity contribution is -0.172. The number of hydrogen-bond acceptors (Lipinski definition) is 6. The van der Waals surface area contributed by atoms with Gasteiger partial charge in [-0.1, -0.05) is 35.4 Å². The third kappa shape index (κ3) is 3.51. The van der Waals surface area contributed by atoms with Crippen molar-refractivity contribution in [3.05, 3.63) is 58.7 Å². The molecule has 2 saturated heterocycles. The molecular weight excluding hydrogens is 410 g/mol. The molecular formula is C24H25N3O5. The van der Waals surface area contributed by atoms with Gasteiger partial charge in [-0.3, -0.25) is 19.2 Å². The zero-order valence-corrected chi connectivity index (χ0v) is 18.5. The molecule has 1 N–H and O–H groups in total. The minimum Gasteiger partial charge on any atom is -0.312 e. The fourth-order valence-electron chi connectivity index (χ4n) is 4.48. The maximum absolute atomic E-state index is 13.1. The van der Waals surface area contributed by atoms with Gasteiger partial charge in [0.1, 0.15) is 12.1 Å². The Balaban J connectivity index is 1.59. The van der Waals surface area contributed by atoms with E-state index in [4.69, 9.17) is 0 Å². The van der Waals surface area contributed by atoms with Crippen molar-refractivity contribution in [3.8, 4) is 0 Å². The molecule has 166 valence electrons. The summed E-state index contributed by atoms with van der Waals surface area (Å²) in [5.74, 6) is -2.16. The summed E-state index contributed by atoms with van der Waals surface area (Å²) in [6.45, 7) is 7.42. The molecule has 2 aromatic carbocycles. The van der Waals surface area contributed by atoms with E-state index in [0.29, 0.717) is 16.4 Å². The second-order valence-corrected chi connectivity index (χ2v) is 8.53. The molecule has 4 rings (SSSR count). The SMILES string of the molecule is Cc1ccc(N2C(=O)C[C@H](N(O)[C@H]3CC(=O)N(c4ccc(C)cc4C)C3=O)C2=O)c(C)c1. The van der Waals surface area contributed by atoms with Crippen LogP contribution in [-0.2, 0) is 19.2 Å². The van der Waals surface area contributed by atoms with Crippen molar-refractivity contribution in [1.82, 2.24) is 5.06 Å². The van der Waals surface area contributed by atoms with Crippen LogP contribution in [0.25, 0.3) is 0 Å². The number of benzene rings is 2. The van der Waals surface area contributed by atoms with Gasteiger partial charge in [0.25, 0.3) is 11.8 Å². The summed E-state index contributed by atoms with van der Waals surface area (Å²) in [7, 11) is 0. The van der Waals surface area contributed by atoms with Gasteiger partial charge in [0.2, 0.25) is 11.8 Å². The minimum absolute atomic E-state index is 0.274. The summed E-state index contributed by atoms with van der Waals surface area (Å²) >= 11 is 0. The largest absolute Gasteiger partial charge is 0.312 e. The number of imide groups is 2. The van der Waals surface area contributed by atoms with Crippen LogP contribution in [0.4, 0.5) is 11.4 Å². The molecule has 0 unspecified atom stereocenters. The van der Waals surface area contributed by atoms with Crippen LogP contribution in [0.15, 0.2) is 36.4 Å². The van der Waals surface area contributed by atoms with Gasteiger partial charge < -0.3 is 5.21 Å². The highest BCUT2D eigenvalue weighted by atomic mass is 16.5. The van der Waals surface area contributed by atoms with Gasteiger partial charge >= 0.3 is 0 Å². The quantitative estimate of drug-likeness (QED) is 0.586. The van der Waals surface area contributed by atoms with Crippen LogP contribution in [0.1, 0.15) is 35.1 Å². The molecule has 0 bridgehead atoms. The van der Waals surface area contributed by atoms with E-state index in [9.17, 15) is 24.4 Å². The number of amides is 4. The Labute approximate surface area is 186 Å². The van der Waals surface area contributed by atoms with Gasteiger partial charge in [0.15, 0.2) is 0 Å². The van der Waals surface area contributed by atoms with Crippen LogP contribution in [0.2, 0.25) is 0 Å². The Kier molecular flexibility index (Phi) is 5.44. The van der Waals surface area contributed by atoms with Crippen LogP contribution < -0.4 is 9.80 Å². The van der Waals surface area contributed by atoms with E-state index in [-0.39, 0.29) is 12.8 Å². The van der Waals surface area contributed by atoms with Gasteiger partial charge in [-0.25, -0.2) is 9.80 Å². The third-order valence-corrected chi connectivity index (χ3v) is 6.07. The van der Waals surface area contributed by atoms with Crippen molar-refractivity contribution < 1.29 is 24.4 Å². The van der Waals surface area contributed by atoms with E-state index >= 15 is 0 Å². The van der Waals surface area contributed by atoms with Crippen LogP contribution >= 0.6 is 0 Å². The highest BCUT2D eigenvalue weighted by Crippen LogP contribution is 2.33. The lowest BCUT2D eigenvalue weighted by Gasteiger charge is -2.26. The van der Waals surface area contributed by atoms with Gasteiger partial charge in [-0.2, -0.15) is 5.06 Å².